The number of amides is 4. The third-order valence-corrected chi connectivity index (χ3v) is 11.2. The predicted molar refractivity (Wildman–Crippen MR) is 207 cm³/mol. The summed E-state index contributed by atoms with van der Waals surface area (Å²) < 4.78 is 22.3. The number of carbonyl (C=O) groups is 5. The number of thioether (sulfide) groups is 1. The number of β-lactam (4-membered cyclic amide) rings is 1. The fraction of sp³-hybridized carbons (Fsp3) is 0.525. The molecule has 0 aromatic heterocycles. The summed E-state index contributed by atoms with van der Waals surface area (Å²) >= 11 is 1.23. The molecule has 17 heteroatoms. The first-order valence-electron chi connectivity index (χ1n) is 18.6. The molecule has 3 aliphatic rings. The third-order valence-electron chi connectivity index (χ3n) is 9.67. The number of carbonyl (C=O) groups excluding carboxylic acids is 5. The Morgan fingerprint density at radius 2 is 1.58 bits per heavy atom. The Kier molecular flexibility index (Phi) is 12.6. The molecular weight excluding hydrogens is 761 g/mol. The number of fused-ring (bicyclic) bond motifs is 1. The number of benzene rings is 2. The summed E-state index contributed by atoms with van der Waals surface area (Å²) in [5, 5.41) is 21.1. The summed E-state index contributed by atoms with van der Waals surface area (Å²) in [6, 6.07) is 10.6. The van der Waals surface area contributed by atoms with E-state index >= 15 is 0 Å². The highest BCUT2D eigenvalue weighted by molar-refractivity contribution is 8.03. The van der Waals surface area contributed by atoms with E-state index in [0.29, 0.717) is 21.8 Å². The number of aliphatic hydroxyl groups is 1. The van der Waals surface area contributed by atoms with Gasteiger partial charge in [0.25, 0.3) is 11.6 Å². The van der Waals surface area contributed by atoms with E-state index in [4.69, 9.17) is 18.9 Å². The van der Waals surface area contributed by atoms with Crippen LogP contribution in [0.25, 0.3) is 0 Å². The molecule has 3 aliphatic heterocycles. The van der Waals surface area contributed by atoms with Gasteiger partial charge in [-0.3, -0.25) is 24.6 Å². The van der Waals surface area contributed by atoms with E-state index in [1.807, 2.05) is 6.92 Å². The molecule has 3 heterocycles. The van der Waals surface area contributed by atoms with Gasteiger partial charge >= 0.3 is 18.2 Å². The lowest BCUT2D eigenvalue weighted by atomic mass is 9.79. The van der Waals surface area contributed by atoms with Crippen LogP contribution in [-0.2, 0) is 41.7 Å². The van der Waals surface area contributed by atoms with Gasteiger partial charge in [0.15, 0.2) is 0 Å². The molecule has 0 radical (unpaired) electrons. The monoisotopic (exact) mass is 810 g/mol. The number of nitrogens with zero attached hydrogens (tertiary/aromatic N) is 4. The van der Waals surface area contributed by atoms with E-state index in [0.717, 1.165) is 4.90 Å². The first kappa shape index (κ1) is 43.0. The number of aliphatic hydroxyl groups excluding tert-OH is 1. The second-order valence-electron chi connectivity index (χ2n) is 16.3. The molecule has 4 amide bonds. The van der Waals surface area contributed by atoms with Crippen LogP contribution in [0.3, 0.4) is 0 Å². The molecule has 0 aliphatic carbocycles. The van der Waals surface area contributed by atoms with Gasteiger partial charge in [0.1, 0.15) is 35.3 Å². The van der Waals surface area contributed by atoms with Crippen molar-refractivity contribution in [3.8, 4) is 5.75 Å². The first-order valence-corrected chi connectivity index (χ1v) is 19.5. The van der Waals surface area contributed by atoms with Gasteiger partial charge in [-0.25, -0.2) is 19.3 Å². The van der Waals surface area contributed by atoms with E-state index in [1.54, 1.807) is 65.8 Å². The van der Waals surface area contributed by atoms with Crippen molar-refractivity contribution in [2.75, 3.05) is 13.7 Å². The molecule has 57 heavy (non-hydrogen) atoms. The maximum Gasteiger partial charge on any atom is 0.417 e. The van der Waals surface area contributed by atoms with Crippen LogP contribution in [0.15, 0.2) is 59.1 Å². The van der Waals surface area contributed by atoms with Gasteiger partial charge < -0.3 is 29.0 Å². The topological polar surface area (TPSA) is 195 Å². The Morgan fingerprint density at radius 1 is 0.982 bits per heavy atom. The Hall–Kier alpha value is -5.16. The smallest absolute Gasteiger partial charge is 0.417 e. The highest BCUT2D eigenvalue weighted by Crippen LogP contribution is 2.52. The molecule has 2 aromatic carbocycles. The maximum atomic E-state index is 14.6. The average molecular weight is 811 g/mol. The second kappa shape index (κ2) is 16.7. The molecule has 2 aromatic rings. The van der Waals surface area contributed by atoms with Gasteiger partial charge in [0.2, 0.25) is 5.91 Å². The molecule has 0 bridgehead atoms. The molecule has 16 nitrogen and oxygen atoms in total. The van der Waals surface area contributed by atoms with Crippen molar-refractivity contribution in [2.45, 2.75) is 110 Å². The van der Waals surface area contributed by atoms with Crippen LogP contribution in [0.2, 0.25) is 0 Å². The molecule has 0 spiro atoms. The van der Waals surface area contributed by atoms with Crippen molar-refractivity contribution in [1.29, 1.82) is 0 Å². The first-order chi connectivity index (χ1) is 26.6. The van der Waals surface area contributed by atoms with Gasteiger partial charge in [-0.2, -0.15) is 0 Å². The van der Waals surface area contributed by atoms with Gasteiger partial charge in [-0.05, 0) is 90.3 Å². The quantitative estimate of drug-likeness (QED) is 0.0943. The number of non-ortho nitro benzene ring substituents is 1. The average Bonchev–Trinajstić information content (AvgIpc) is 3.65. The molecule has 308 valence electrons. The minimum absolute atomic E-state index is 0.00482. The van der Waals surface area contributed by atoms with Crippen molar-refractivity contribution in [2.24, 2.45) is 11.8 Å². The summed E-state index contributed by atoms with van der Waals surface area (Å²) in [6.07, 6.45) is -2.63. The number of nitro groups is 1. The molecule has 6 atom stereocenters. The number of rotatable bonds is 11. The van der Waals surface area contributed by atoms with Crippen LogP contribution >= 0.6 is 11.8 Å². The van der Waals surface area contributed by atoms with Crippen LogP contribution in [0.5, 0.6) is 5.75 Å². The lowest BCUT2D eigenvalue weighted by Crippen LogP contribution is -2.63. The summed E-state index contributed by atoms with van der Waals surface area (Å²) in [4.78, 5) is 84.0. The number of hydrogen-bond acceptors (Lipinski definition) is 13. The van der Waals surface area contributed by atoms with Crippen LogP contribution in [0.4, 0.5) is 15.3 Å². The van der Waals surface area contributed by atoms with Crippen molar-refractivity contribution in [3.05, 3.63) is 80.4 Å². The Balaban J connectivity index is 1.47. The van der Waals surface area contributed by atoms with Crippen LogP contribution in [-0.4, -0.2) is 103 Å². The highest BCUT2D eigenvalue weighted by atomic mass is 32.2. The minimum Gasteiger partial charge on any atom is -0.497 e. The number of likely N-dealkylation sites (tertiary alicyclic amines) is 1. The van der Waals surface area contributed by atoms with Crippen molar-refractivity contribution < 1.29 is 52.9 Å². The number of imide groups is 1. The number of ether oxygens (including phenoxy) is 4. The van der Waals surface area contributed by atoms with Gasteiger partial charge in [-0.15, -0.1) is 11.8 Å². The number of hydrogen-bond donors (Lipinski definition) is 1. The van der Waals surface area contributed by atoms with Gasteiger partial charge in [0.05, 0.1) is 36.6 Å². The van der Waals surface area contributed by atoms with Crippen molar-refractivity contribution in [3.63, 3.8) is 0 Å². The molecule has 2 saturated heterocycles. The standard InChI is InChI=1S/C40H50N4O12S/c1-22-31-30(23(2)45)35(47)43(31)32(36(48)54-21-25-10-14-26(15-11-25)44(51)52)33(22)57-28-18-29(41(20-28)37(49)55-39(3,4)5)34(46)42(38(50)56-40(6,7)8)19-24-12-16-27(53-9)17-13-24/h10-17,22-23,28-31,45H,18-21H2,1-9H3/t22-,23?,28+,29?,30-,31-/m1/s1. The Bertz CT molecular complexity index is 1920. The van der Waals surface area contributed by atoms with E-state index in [2.05, 4.69) is 0 Å². The van der Waals surface area contributed by atoms with Crippen LogP contribution in [0, 0.1) is 22.0 Å². The molecule has 2 fully saturated rings. The highest BCUT2D eigenvalue weighted by Gasteiger charge is 2.61. The third kappa shape index (κ3) is 9.70. The number of esters is 1. The molecular formula is C40H50N4O12S. The number of methoxy groups -OCH3 is 1. The Labute approximate surface area is 335 Å². The summed E-state index contributed by atoms with van der Waals surface area (Å²) in [7, 11) is 1.52. The summed E-state index contributed by atoms with van der Waals surface area (Å²) in [5.74, 6) is -2.58. The summed E-state index contributed by atoms with van der Waals surface area (Å²) in [6.45, 7) is 13.0. The lowest BCUT2D eigenvalue weighted by Gasteiger charge is -2.46. The molecule has 1 N–H and O–H groups in total. The zero-order valence-electron chi connectivity index (χ0n) is 33.5. The van der Waals surface area contributed by atoms with E-state index in [-0.39, 0.29) is 37.5 Å². The van der Waals surface area contributed by atoms with E-state index in [9.17, 15) is 39.2 Å². The second-order valence-corrected chi connectivity index (χ2v) is 17.7. The molecule has 5 rings (SSSR count). The summed E-state index contributed by atoms with van der Waals surface area (Å²) in [5.41, 5.74) is -0.911. The largest absolute Gasteiger partial charge is 0.497 e. The maximum absolute atomic E-state index is 14.6. The minimum atomic E-state index is -1.18. The van der Waals surface area contributed by atoms with Gasteiger partial charge in [-0.1, -0.05) is 19.1 Å². The van der Waals surface area contributed by atoms with Crippen LogP contribution < -0.4 is 4.74 Å². The Morgan fingerprint density at radius 3 is 2.12 bits per heavy atom. The molecule has 0 saturated carbocycles. The fourth-order valence-corrected chi connectivity index (χ4v) is 8.58. The molecule has 2 unspecified atom stereocenters. The zero-order valence-corrected chi connectivity index (χ0v) is 34.4. The van der Waals surface area contributed by atoms with E-state index in [1.165, 1.54) is 59.9 Å². The predicted octanol–water partition coefficient (Wildman–Crippen LogP) is 5.79. The number of nitro benzene ring substituents is 1. The van der Waals surface area contributed by atoms with E-state index < -0.39 is 81.4 Å². The SMILES string of the molecule is COc1ccc(CN(C(=O)OC(C)(C)C)C(=O)C2C[C@H](SC3=C(C(=O)OCc4ccc([N+](=O)[O-])cc4)N4C(=O)[C@H](C(C)O)[C@H]4[C@H]3C)CN2C(=O)OC(C)(C)C)cc1. The zero-order chi connectivity index (χ0) is 42.1. The van der Waals surface area contributed by atoms with Crippen molar-refractivity contribution in [1.82, 2.24) is 14.7 Å². The van der Waals surface area contributed by atoms with Gasteiger partial charge in [0, 0.05) is 34.8 Å². The normalized spacial score (nSPS) is 22.4. The lowest BCUT2D eigenvalue weighted by molar-refractivity contribution is -0.384. The van der Waals surface area contributed by atoms with Crippen LogP contribution in [0.1, 0.15) is 72.9 Å². The fourth-order valence-electron chi connectivity index (χ4n) is 7.06. The van der Waals surface area contributed by atoms with Crippen molar-refractivity contribution >= 4 is 47.4 Å².